The smallest absolute Gasteiger partial charge is 0.130 e. The topological polar surface area (TPSA) is 0 Å². The molecule has 9 heteroatoms. The van der Waals surface area contributed by atoms with Crippen LogP contribution in [0.3, 0.4) is 0 Å². The lowest BCUT2D eigenvalue weighted by atomic mass is 10.6. The molecule has 0 amide bonds. The van der Waals surface area contributed by atoms with Gasteiger partial charge >= 0.3 is 0 Å². The molecule has 19 heavy (non-hydrogen) atoms. The van der Waals surface area contributed by atoms with Crippen molar-refractivity contribution in [3.63, 3.8) is 0 Å². The van der Waals surface area contributed by atoms with Crippen molar-refractivity contribution in [3.05, 3.63) is 28.8 Å². The summed E-state index contributed by atoms with van der Waals surface area (Å²) < 4.78 is 2.93. The number of halogens is 6. The number of rotatable bonds is 2. The highest BCUT2D eigenvalue weighted by Gasteiger charge is 2.37. The number of thiophene rings is 2. The van der Waals surface area contributed by atoms with Crippen LogP contribution < -0.4 is 9.00 Å². The average Bonchev–Trinajstić information content (AvgIpc) is 2.75. The van der Waals surface area contributed by atoms with Crippen molar-refractivity contribution in [2.75, 3.05) is 0 Å². The summed E-state index contributed by atoms with van der Waals surface area (Å²) in [4.78, 5) is 0. The molecule has 0 aromatic carbocycles. The lowest BCUT2D eigenvalue weighted by Gasteiger charge is -2.20. The first-order valence-corrected chi connectivity index (χ1v) is 11.9. The Kier molecular flexibility index (Phi) is 5.16. The van der Waals surface area contributed by atoms with Gasteiger partial charge in [-0.25, -0.2) is 0 Å². The van der Waals surface area contributed by atoms with Crippen molar-refractivity contribution in [1.29, 1.82) is 0 Å². The Morgan fingerprint density at radius 1 is 0.632 bits per heavy atom. The van der Waals surface area contributed by atoms with E-state index >= 15 is 0 Å². The molecule has 2 rings (SSSR count). The number of hydrogen-bond acceptors (Lipinski definition) is 2. The van der Waals surface area contributed by atoms with Crippen LogP contribution in [0, 0.1) is 0 Å². The molecule has 0 radical (unpaired) electrons. The van der Waals surface area contributed by atoms with Gasteiger partial charge in [-0.1, -0.05) is 82.7 Å². The molecule has 0 N–H and O–H groups in total. The summed E-state index contributed by atoms with van der Waals surface area (Å²) in [5.41, 5.74) is 0. The highest BCUT2D eigenvalue weighted by atomic mass is 35.5. The largest absolute Gasteiger partial charge is 0.141 e. The maximum absolute atomic E-state index is 6.27. The van der Waals surface area contributed by atoms with Crippen LogP contribution in [0.5, 0.6) is 0 Å². The molecule has 0 fully saturated rings. The third-order valence-corrected chi connectivity index (χ3v) is 14.2. The summed E-state index contributed by atoms with van der Waals surface area (Å²) in [6.45, 7) is 4.23. The van der Waals surface area contributed by atoms with Crippen molar-refractivity contribution < 1.29 is 0 Å². The SMILES string of the molecule is C[Si](C)(c1sc(Cl)c(Cl)c1Cl)c1sc(Cl)c(Cl)c1Cl. The van der Waals surface area contributed by atoms with Crippen LogP contribution in [0.2, 0.25) is 41.9 Å². The fourth-order valence-electron chi connectivity index (χ4n) is 1.64. The van der Waals surface area contributed by atoms with Crippen molar-refractivity contribution in [2.45, 2.75) is 13.1 Å². The lowest BCUT2D eigenvalue weighted by Crippen LogP contribution is -2.51. The molecule has 0 bridgehead atoms. The predicted octanol–water partition coefficient (Wildman–Crippen LogP) is 6.55. The van der Waals surface area contributed by atoms with Crippen molar-refractivity contribution in [3.8, 4) is 0 Å². The minimum Gasteiger partial charge on any atom is -0.130 e. The van der Waals surface area contributed by atoms with Gasteiger partial charge < -0.3 is 0 Å². The van der Waals surface area contributed by atoms with E-state index in [9.17, 15) is 0 Å². The molecule has 0 aliphatic rings. The summed E-state index contributed by atoms with van der Waals surface area (Å²) in [6.07, 6.45) is 0. The predicted molar refractivity (Wildman–Crippen MR) is 95.4 cm³/mol. The monoisotopic (exact) mass is 428 g/mol. The first kappa shape index (κ1) is 16.7. The zero-order valence-electron chi connectivity index (χ0n) is 9.58. The third kappa shape index (κ3) is 2.83. The Labute approximate surface area is 150 Å². The second-order valence-corrected chi connectivity index (χ2v) is 14.0. The first-order chi connectivity index (χ1) is 8.67. The van der Waals surface area contributed by atoms with Gasteiger partial charge in [0.25, 0.3) is 0 Å². The van der Waals surface area contributed by atoms with Gasteiger partial charge in [0.05, 0.1) is 20.1 Å². The zero-order valence-corrected chi connectivity index (χ0v) is 16.8. The van der Waals surface area contributed by atoms with Crippen LogP contribution in [-0.4, -0.2) is 8.07 Å². The third-order valence-electron chi connectivity index (χ3n) is 2.65. The van der Waals surface area contributed by atoms with E-state index in [0.29, 0.717) is 28.8 Å². The minimum atomic E-state index is -2.13. The second kappa shape index (κ2) is 5.86. The Morgan fingerprint density at radius 2 is 0.947 bits per heavy atom. The van der Waals surface area contributed by atoms with E-state index in [0.717, 1.165) is 9.00 Å². The van der Waals surface area contributed by atoms with E-state index in [2.05, 4.69) is 13.1 Å². The van der Waals surface area contributed by atoms with Crippen LogP contribution in [0.1, 0.15) is 0 Å². The van der Waals surface area contributed by atoms with Crippen molar-refractivity contribution >= 4 is 109 Å². The summed E-state index contributed by atoms with van der Waals surface area (Å²) in [7, 11) is -2.13. The van der Waals surface area contributed by atoms with Crippen LogP contribution in [0.15, 0.2) is 0 Å². The van der Waals surface area contributed by atoms with Crippen molar-refractivity contribution in [2.24, 2.45) is 0 Å². The van der Waals surface area contributed by atoms with E-state index in [1.54, 1.807) is 0 Å². The molecule has 0 spiro atoms. The molecular formula is C10H6Cl6S2Si. The van der Waals surface area contributed by atoms with Crippen molar-refractivity contribution in [1.82, 2.24) is 0 Å². The molecule has 0 aliphatic heterocycles. The van der Waals surface area contributed by atoms with Gasteiger partial charge in [0.2, 0.25) is 0 Å². The Morgan fingerprint density at radius 3 is 1.16 bits per heavy atom. The number of hydrogen-bond donors (Lipinski definition) is 0. The molecule has 2 aromatic rings. The van der Waals surface area contributed by atoms with Gasteiger partial charge in [0.1, 0.15) is 16.7 Å². The molecule has 0 unspecified atom stereocenters. The quantitative estimate of drug-likeness (QED) is 0.473. The fourth-order valence-corrected chi connectivity index (χ4v) is 11.6. The molecule has 0 atom stereocenters. The van der Waals surface area contributed by atoms with E-state index in [4.69, 9.17) is 69.6 Å². The lowest BCUT2D eigenvalue weighted by molar-refractivity contribution is 1.85. The molecular weight excluding hydrogens is 425 g/mol. The van der Waals surface area contributed by atoms with Gasteiger partial charge in [0, 0.05) is 9.00 Å². The second-order valence-electron chi connectivity index (χ2n) is 4.29. The van der Waals surface area contributed by atoms with Crippen LogP contribution in [0.25, 0.3) is 0 Å². The van der Waals surface area contributed by atoms with Gasteiger partial charge in [0.15, 0.2) is 0 Å². The van der Waals surface area contributed by atoms with Gasteiger partial charge in [-0.3, -0.25) is 0 Å². The van der Waals surface area contributed by atoms with Gasteiger partial charge in [-0.2, -0.15) is 0 Å². The Balaban J connectivity index is 2.64. The van der Waals surface area contributed by atoms with E-state index in [-0.39, 0.29) is 0 Å². The zero-order chi connectivity index (χ0) is 14.5. The maximum Gasteiger partial charge on any atom is 0.141 e. The normalized spacial score (nSPS) is 12.2. The van der Waals surface area contributed by atoms with Crippen LogP contribution in [0.4, 0.5) is 0 Å². The summed E-state index contributed by atoms with van der Waals surface area (Å²) in [5.74, 6) is 0. The van der Waals surface area contributed by atoms with Gasteiger partial charge in [-0.05, 0) is 0 Å². The first-order valence-electron chi connectivity index (χ1n) is 4.95. The molecule has 2 aromatic heterocycles. The molecule has 0 saturated carbocycles. The maximum atomic E-state index is 6.27. The highest BCUT2D eigenvalue weighted by molar-refractivity contribution is 7.40. The minimum absolute atomic E-state index is 0.397. The van der Waals surface area contributed by atoms with Crippen LogP contribution >= 0.6 is 92.3 Å². The summed E-state index contributed by atoms with van der Waals surface area (Å²) in [6, 6.07) is 0. The van der Waals surface area contributed by atoms with Crippen LogP contribution in [-0.2, 0) is 0 Å². The Hall–Kier alpha value is 1.36. The van der Waals surface area contributed by atoms with Gasteiger partial charge in [-0.15, -0.1) is 22.7 Å². The standard InChI is InChI=1S/C10H6Cl6S2Si/c1-19(2,9-5(13)3(11)7(15)17-9)10-6(14)4(12)8(16)18-10/h1-2H3. The van der Waals surface area contributed by atoms with E-state index in [1.165, 1.54) is 22.7 Å². The highest BCUT2D eigenvalue weighted by Crippen LogP contribution is 2.39. The fraction of sp³-hybridized carbons (Fsp3) is 0.200. The van der Waals surface area contributed by atoms with E-state index in [1.807, 2.05) is 0 Å². The summed E-state index contributed by atoms with van der Waals surface area (Å²) in [5, 5.41) is 1.80. The molecule has 0 saturated heterocycles. The molecule has 104 valence electrons. The molecule has 2 heterocycles. The molecule has 0 aliphatic carbocycles. The summed E-state index contributed by atoms with van der Waals surface area (Å²) >= 11 is 39.5. The average molecular weight is 431 g/mol. The van der Waals surface area contributed by atoms with E-state index < -0.39 is 8.07 Å². The molecule has 0 nitrogen and oxygen atoms in total. The Bertz CT molecular complexity index is 591.